The molecule has 0 aliphatic heterocycles. The highest BCUT2D eigenvalue weighted by Gasteiger charge is 2.14. The van der Waals surface area contributed by atoms with Crippen LogP contribution < -0.4 is 5.32 Å². The van der Waals surface area contributed by atoms with E-state index in [1.807, 2.05) is 19.2 Å². The Kier molecular flexibility index (Phi) is 6.46. The quantitative estimate of drug-likeness (QED) is 0.813. The molecule has 0 fully saturated rings. The molecule has 19 heavy (non-hydrogen) atoms. The van der Waals surface area contributed by atoms with E-state index in [1.54, 1.807) is 6.07 Å². The van der Waals surface area contributed by atoms with Crippen LogP contribution in [0.25, 0.3) is 0 Å². The lowest BCUT2D eigenvalue weighted by Crippen LogP contribution is -2.34. The molecule has 1 rings (SSSR count). The predicted molar refractivity (Wildman–Crippen MR) is 79.5 cm³/mol. The largest absolute Gasteiger partial charge is 0.316 e. The molecule has 0 radical (unpaired) electrons. The molecule has 1 N–H and O–H groups in total. The van der Waals surface area contributed by atoms with E-state index in [2.05, 4.69) is 37.9 Å². The van der Waals surface area contributed by atoms with Crippen LogP contribution in [0.15, 0.2) is 18.2 Å². The standard InChI is InChI=1S/C16H27FN2/c1-12(2)10-19(13(3)4)11-15-8-14(9-18-5)6-7-16(15)17/h6-8,12-13,18H,9-11H2,1-5H3. The minimum absolute atomic E-state index is 0.103. The van der Waals surface area contributed by atoms with E-state index in [1.165, 1.54) is 0 Å². The molecule has 0 saturated heterocycles. The normalized spacial score (nSPS) is 11.8. The lowest BCUT2D eigenvalue weighted by atomic mass is 10.1. The summed E-state index contributed by atoms with van der Waals surface area (Å²) >= 11 is 0. The van der Waals surface area contributed by atoms with E-state index < -0.39 is 0 Å². The Hall–Kier alpha value is -0.930. The molecular formula is C16H27FN2. The van der Waals surface area contributed by atoms with Gasteiger partial charge in [0, 0.05) is 31.2 Å². The highest BCUT2D eigenvalue weighted by Crippen LogP contribution is 2.16. The second kappa shape index (κ2) is 7.61. The van der Waals surface area contributed by atoms with Crippen molar-refractivity contribution in [1.29, 1.82) is 0 Å². The van der Waals surface area contributed by atoms with E-state index in [9.17, 15) is 4.39 Å². The van der Waals surface area contributed by atoms with Crippen molar-refractivity contribution < 1.29 is 4.39 Å². The van der Waals surface area contributed by atoms with Gasteiger partial charge in [0.1, 0.15) is 5.82 Å². The van der Waals surface area contributed by atoms with Crippen molar-refractivity contribution in [3.8, 4) is 0 Å². The van der Waals surface area contributed by atoms with E-state index in [0.717, 1.165) is 24.2 Å². The maximum atomic E-state index is 13.9. The van der Waals surface area contributed by atoms with Gasteiger partial charge in [0.05, 0.1) is 0 Å². The molecule has 0 unspecified atom stereocenters. The molecule has 0 saturated carbocycles. The van der Waals surface area contributed by atoms with Crippen LogP contribution in [0.3, 0.4) is 0 Å². The van der Waals surface area contributed by atoms with Crippen molar-refractivity contribution in [2.45, 2.75) is 46.8 Å². The molecule has 3 heteroatoms. The topological polar surface area (TPSA) is 15.3 Å². The van der Waals surface area contributed by atoms with E-state index in [-0.39, 0.29) is 5.82 Å². The summed E-state index contributed by atoms with van der Waals surface area (Å²) in [5.41, 5.74) is 1.93. The first-order valence-electron chi connectivity index (χ1n) is 7.10. The zero-order valence-corrected chi connectivity index (χ0v) is 12.8. The van der Waals surface area contributed by atoms with E-state index >= 15 is 0 Å². The highest BCUT2D eigenvalue weighted by molar-refractivity contribution is 5.25. The van der Waals surface area contributed by atoms with Gasteiger partial charge in [-0.2, -0.15) is 0 Å². The fourth-order valence-electron chi connectivity index (χ4n) is 2.21. The van der Waals surface area contributed by atoms with Gasteiger partial charge in [0.2, 0.25) is 0 Å². The third-order valence-electron chi connectivity index (χ3n) is 3.19. The first-order valence-corrected chi connectivity index (χ1v) is 7.10. The van der Waals surface area contributed by atoms with Gasteiger partial charge >= 0.3 is 0 Å². The van der Waals surface area contributed by atoms with Crippen molar-refractivity contribution in [2.75, 3.05) is 13.6 Å². The minimum Gasteiger partial charge on any atom is -0.316 e. The van der Waals surface area contributed by atoms with Crippen LogP contribution in [-0.4, -0.2) is 24.5 Å². The number of hydrogen-bond donors (Lipinski definition) is 1. The number of hydrogen-bond acceptors (Lipinski definition) is 2. The average molecular weight is 266 g/mol. The molecule has 108 valence electrons. The summed E-state index contributed by atoms with van der Waals surface area (Å²) in [6, 6.07) is 5.82. The maximum absolute atomic E-state index is 13.9. The van der Waals surface area contributed by atoms with E-state index in [4.69, 9.17) is 0 Å². The summed E-state index contributed by atoms with van der Waals surface area (Å²) < 4.78 is 13.9. The molecule has 0 aromatic heterocycles. The molecule has 0 bridgehead atoms. The summed E-state index contributed by atoms with van der Waals surface area (Å²) in [6.07, 6.45) is 0. The lowest BCUT2D eigenvalue weighted by Gasteiger charge is -2.28. The molecule has 0 spiro atoms. The van der Waals surface area contributed by atoms with Crippen molar-refractivity contribution in [2.24, 2.45) is 5.92 Å². The fourth-order valence-corrected chi connectivity index (χ4v) is 2.21. The zero-order valence-electron chi connectivity index (χ0n) is 12.8. The smallest absolute Gasteiger partial charge is 0.127 e. The second-order valence-corrected chi connectivity index (χ2v) is 5.87. The Labute approximate surface area is 117 Å². The molecule has 0 heterocycles. The molecule has 1 aromatic carbocycles. The first kappa shape index (κ1) is 16.1. The van der Waals surface area contributed by atoms with Crippen LogP contribution >= 0.6 is 0 Å². The number of nitrogens with one attached hydrogen (secondary N) is 1. The van der Waals surface area contributed by atoms with Crippen molar-refractivity contribution >= 4 is 0 Å². The van der Waals surface area contributed by atoms with Gasteiger partial charge in [-0.3, -0.25) is 4.90 Å². The summed E-state index contributed by atoms with van der Waals surface area (Å²) in [7, 11) is 1.90. The van der Waals surface area contributed by atoms with Crippen LogP contribution in [0.5, 0.6) is 0 Å². The molecule has 2 nitrogen and oxygen atoms in total. The Morgan fingerprint density at radius 2 is 1.89 bits per heavy atom. The van der Waals surface area contributed by atoms with Gasteiger partial charge in [-0.05, 0) is 38.4 Å². The number of nitrogens with zero attached hydrogens (tertiary/aromatic N) is 1. The Morgan fingerprint density at radius 3 is 2.42 bits per heavy atom. The van der Waals surface area contributed by atoms with Gasteiger partial charge in [-0.25, -0.2) is 4.39 Å². The molecule has 1 aromatic rings. The number of rotatable bonds is 7. The Bertz CT molecular complexity index is 388. The lowest BCUT2D eigenvalue weighted by molar-refractivity contribution is 0.187. The van der Waals surface area contributed by atoms with Gasteiger partial charge in [-0.1, -0.05) is 26.0 Å². The molecule has 0 atom stereocenters. The predicted octanol–water partition coefficient (Wildman–Crippen LogP) is 3.41. The summed E-state index contributed by atoms with van der Waals surface area (Å²) in [4.78, 5) is 2.33. The molecular weight excluding hydrogens is 239 g/mol. The molecule has 0 aliphatic rings. The van der Waals surface area contributed by atoms with Crippen LogP contribution in [0.2, 0.25) is 0 Å². The third kappa shape index (κ3) is 5.29. The molecule has 0 aliphatic carbocycles. The van der Waals surface area contributed by atoms with Gasteiger partial charge in [-0.15, -0.1) is 0 Å². The van der Waals surface area contributed by atoms with Gasteiger partial charge in [0.15, 0.2) is 0 Å². The van der Waals surface area contributed by atoms with E-state index in [0.29, 0.717) is 18.5 Å². The van der Waals surface area contributed by atoms with Crippen LogP contribution in [0.1, 0.15) is 38.8 Å². The summed E-state index contributed by atoms with van der Waals surface area (Å²) in [5.74, 6) is 0.486. The second-order valence-electron chi connectivity index (χ2n) is 5.87. The van der Waals surface area contributed by atoms with Gasteiger partial charge in [0.25, 0.3) is 0 Å². The summed E-state index contributed by atoms with van der Waals surface area (Å²) in [5, 5.41) is 3.10. The molecule has 0 amide bonds. The minimum atomic E-state index is -0.103. The van der Waals surface area contributed by atoms with Gasteiger partial charge < -0.3 is 5.32 Å². The number of benzene rings is 1. The summed E-state index contributed by atoms with van der Waals surface area (Å²) in [6.45, 7) is 11.2. The third-order valence-corrected chi connectivity index (χ3v) is 3.19. The number of halogens is 1. The monoisotopic (exact) mass is 266 g/mol. The average Bonchev–Trinajstić information content (AvgIpc) is 2.32. The maximum Gasteiger partial charge on any atom is 0.127 e. The first-order chi connectivity index (χ1) is 8.93. The Morgan fingerprint density at radius 1 is 1.21 bits per heavy atom. The van der Waals surface area contributed by atoms with Crippen molar-refractivity contribution in [3.05, 3.63) is 35.1 Å². The van der Waals surface area contributed by atoms with Crippen molar-refractivity contribution in [3.63, 3.8) is 0 Å². The fraction of sp³-hybridized carbons (Fsp3) is 0.625. The SMILES string of the molecule is CNCc1ccc(F)c(CN(CC(C)C)C(C)C)c1. The highest BCUT2D eigenvalue weighted by atomic mass is 19.1. The van der Waals surface area contributed by atoms with Crippen LogP contribution in [0, 0.1) is 11.7 Å². The zero-order chi connectivity index (χ0) is 14.4. The van der Waals surface area contributed by atoms with Crippen molar-refractivity contribution in [1.82, 2.24) is 10.2 Å². The van der Waals surface area contributed by atoms with Crippen LogP contribution in [0.4, 0.5) is 4.39 Å². The van der Waals surface area contributed by atoms with Crippen LogP contribution in [-0.2, 0) is 13.1 Å². The Balaban J connectivity index is 2.85.